The van der Waals surface area contributed by atoms with Crippen LogP contribution in [0, 0.1) is 5.82 Å². The van der Waals surface area contributed by atoms with E-state index in [0.717, 1.165) is 25.9 Å². The smallest absolute Gasteiger partial charge is 0.235 e. The number of halogens is 1. The number of hydrogen-bond donors (Lipinski definition) is 0. The molecule has 1 fully saturated rings. The topological polar surface area (TPSA) is 37.4 Å². The summed E-state index contributed by atoms with van der Waals surface area (Å²) in [6.07, 6.45) is 2.02. The summed E-state index contributed by atoms with van der Waals surface area (Å²) in [6, 6.07) is 5.59. The van der Waals surface area contributed by atoms with Gasteiger partial charge in [0.2, 0.25) is 5.91 Å². The van der Waals surface area contributed by atoms with Gasteiger partial charge < -0.3 is 4.90 Å². The lowest BCUT2D eigenvalue weighted by molar-refractivity contribution is -0.127. The van der Waals surface area contributed by atoms with Gasteiger partial charge in [-0.05, 0) is 31.0 Å². The Kier molecular flexibility index (Phi) is 3.89. The van der Waals surface area contributed by atoms with Gasteiger partial charge in [-0.15, -0.1) is 0 Å². The van der Waals surface area contributed by atoms with Crippen LogP contribution in [0.5, 0.6) is 0 Å². The summed E-state index contributed by atoms with van der Waals surface area (Å²) in [5.74, 6) is -0.585. The van der Waals surface area contributed by atoms with E-state index < -0.39 is 16.6 Å². The lowest BCUT2D eigenvalue weighted by Gasteiger charge is -2.14. The van der Waals surface area contributed by atoms with E-state index in [1.54, 1.807) is 11.0 Å². The minimum absolute atomic E-state index is 0.0521. The van der Waals surface area contributed by atoms with Crippen LogP contribution in [0.25, 0.3) is 0 Å². The molecule has 0 aromatic heterocycles. The van der Waals surface area contributed by atoms with E-state index in [1.165, 1.54) is 18.2 Å². The molecule has 3 nitrogen and oxygen atoms in total. The maximum Gasteiger partial charge on any atom is 0.235 e. The summed E-state index contributed by atoms with van der Waals surface area (Å²) in [5, 5.41) is 0. The highest BCUT2D eigenvalue weighted by Gasteiger charge is 2.20. The third-order valence-electron chi connectivity index (χ3n) is 2.77. The molecule has 0 bridgehead atoms. The van der Waals surface area contributed by atoms with Gasteiger partial charge in [0.1, 0.15) is 11.6 Å². The Bertz CT molecular complexity index is 444. The Morgan fingerprint density at radius 3 is 2.71 bits per heavy atom. The van der Waals surface area contributed by atoms with Crippen LogP contribution in [0.2, 0.25) is 0 Å². The molecule has 0 saturated carbocycles. The lowest BCUT2D eigenvalue weighted by atomic mass is 10.4. The second-order valence-electron chi connectivity index (χ2n) is 4.04. The average molecular weight is 255 g/mol. The molecule has 1 aromatic rings. The van der Waals surface area contributed by atoms with Crippen LogP contribution < -0.4 is 0 Å². The SMILES string of the molecule is O=C(CS(=O)c1cccc(F)c1)N1CCCC1. The number of likely N-dealkylation sites (tertiary alicyclic amines) is 1. The van der Waals surface area contributed by atoms with Gasteiger partial charge in [0.15, 0.2) is 0 Å². The van der Waals surface area contributed by atoms with Gasteiger partial charge in [-0.2, -0.15) is 0 Å². The normalized spacial score (nSPS) is 17.1. The molecule has 17 heavy (non-hydrogen) atoms. The highest BCUT2D eigenvalue weighted by molar-refractivity contribution is 7.85. The third kappa shape index (κ3) is 3.12. The molecule has 1 aromatic carbocycles. The first-order chi connectivity index (χ1) is 8.16. The monoisotopic (exact) mass is 255 g/mol. The summed E-state index contributed by atoms with van der Waals surface area (Å²) in [5.41, 5.74) is 0. The van der Waals surface area contributed by atoms with Crippen LogP contribution in [-0.4, -0.2) is 33.9 Å². The molecule has 0 radical (unpaired) electrons. The molecule has 1 unspecified atom stereocenters. The van der Waals surface area contributed by atoms with Crippen molar-refractivity contribution in [2.24, 2.45) is 0 Å². The van der Waals surface area contributed by atoms with Crippen molar-refractivity contribution < 1.29 is 13.4 Å². The van der Waals surface area contributed by atoms with Gasteiger partial charge in [-0.1, -0.05) is 6.07 Å². The van der Waals surface area contributed by atoms with E-state index in [0.29, 0.717) is 4.90 Å². The first kappa shape index (κ1) is 12.2. The number of hydrogen-bond acceptors (Lipinski definition) is 2. The molecular weight excluding hydrogens is 241 g/mol. The Morgan fingerprint density at radius 1 is 1.35 bits per heavy atom. The van der Waals surface area contributed by atoms with Gasteiger partial charge in [-0.3, -0.25) is 9.00 Å². The van der Waals surface area contributed by atoms with E-state index in [2.05, 4.69) is 0 Å². The first-order valence-electron chi connectivity index (χ1n) is 5.58. The summed E-state index contributed by atoms with van der Waals surface area (Å²) >= 11 is 0. The Labute approximate surface area is 102 Å². The fourth-order valence-electron chi connectivity index (χ4n) is 1.86. The molecule has 1 saturated heterocycles. The van der Waals surface area contributed by atoms with E-state index in [1.807, 2.05) is 0 Å². The molecule has 0 spiro atoms. The van der Waals surface area contributed by atoms with Crippen molar-refractivity contribution in [2.75, 3.05) is 18.8 Å². The van der Waals surface area contributed by atoms with Crippen molar-refractivity contribution in [3.63, 3.8) is 0 Å². The van der Waals surface area contributed by atoms with Crippen molar-refractivity contribution in [3.05, 3.63) is 30.1 Å². The fourth-order valence-corrected chi connectivity index (χ4v) is 2.91. The molecule has 0 N–H and O–H groups in total. The standard InChI is InChI=1S/C12H14FNO2S/c13-10-4-3-5-11(8-10)17(16)9-12(15)14-6-1-2-7-14/h3-5,8H,1-2,6-7,9H2. The predicted molar refractivity (Wildman–Crippen MR) is 63.5 cm³/mol. The van der Waals surface area contributed by atoms with Crippen LogP contribution in [0.3, 0.4) is 0 Å². The quantitative estimate of drug-likeness (QED) is 0.822. The van der Waals surface area contributed by atoms with Gasteiger partial charge in [0, 0.05) is 18.0 Å². The van der Waals surface area contributed by atoms with Crippen molar-refractivity contribution in [1.29, 1.82) is 0 Å². The Hall–Kier alpha value is -1.23. The largest absolute Gasteiger partial charge is 0.342 e. The zero-order chi connectivity index (χ0) is 12.3. The second kappa shape index (κ2) is 5.40. The van der Waals surface area contributed by atoms with Crippen LogP contribution in [0.4, 0.5) is 4.39 Å². The minimum Gasteiger partial charge on any atom is -0.342 e. The molecular formula is C12H14FNO2S. The van der Waals surface area contributed by atoms with Gasteiger partial charge in [-0.25, -0.2) is 4.39 Å². The van der Waals surface area contributed by atoms with Crippen molar-refractivity contribution in [2.45, 2.75) is 17.7 Å². The highest BCUT2D eigenvalue weighted by atomic mass is 32.2. The number of carbonyl (C=O) groups excluding carboxylic acids is 1. The Morgan fingerprint density at radius 2 is 2.06 bits per heavy atom. The Balaban J connectivity index is 1.99. The fraction of sp³-hybridized carbons (Fsp3) is 0.417. The molecule has 1 atom stereocenters. The summed E-state index contributed by atoms with van der Waals surface area (Å²) in [7, 11) is -1.45. The molecule has 1 amide bonds. The summed E-state index contributed by atoms with van der Waals surface area (Å²) < 4.78 is 24.8. The van der Waals surface area contributed by atoms with Gasteiger partial charge in [0.05, 0.1) is 10.8 Å². The number of amides is 1. The summed E-state index contributed by atoms with van der Waals surface area (Å²) in [6.45, 7) is 1.50. The average Bonchev–Trinajstić information content (AvgIpc) is 2.82. The van der Waals surface area contributed by atoms with Crippen molar-refractivity contribution >= 4 is 16.7 Å². The lowest BCUT2D eigenvalue weighted by Crippen LogP contribution is -2.31. The molecule has 2 rings (SSSR count). The van der Waals surface area contributed by atoms with E-state index in [4.69, 9.17) is 0 Å². The van der Waals surface area contributed by atoms with Crippen LogP contribution >= 0.6 is 0 Å². The predicted octanol–water partition coefficient (Wildman–Crippen LogP) is 1.56. The molecule has 5 heteroatoms. The molecule has 1 aliphatic heterocycles. The number of nitrogens with zero attached hydrogens (tertiary/aromatic N) is 1. The van der Waals surface area contributed by atoms with Crippen LogP contribution in [0.1, 0.15) is 12.8 Å². The zero-order valence-corrected chi connectivity index (χ0v) is 10.2. The molecule has 1 aliphatic rings. The highest BCUT2D eigenvalue weighted by Crippen LogP contribution is 2.12. The van der Waals surface area contributed by atoms with Gasteiger partial charge in [0.25, 0.3) is 0 Å². The van der Waals surface area contributed by atoms with E-state index >= 15 is 0 Å². The third-order valence-corrected chi connectivity index (χ3v) is 4.06. The zero-order valence-electron chi connectivity index (χ0n) is 9.39. The van der Waals surface area contributed by atoms with Crippen LogP contribution in [-0.2, 0) is 15.6 Å². The second-order valence-corrected chi connectivity index (χ2v) is 5.49. The molecule has 92 valence electrons. The van der Waals surface area contributed by atoms with Gasteiger partial charge >= 0.3 is 0 Å². The number of rotatable bonds is 3. The van der Waals surface area contributed by atoms with E-state index in [-0.39, 0.29) is 11.7 Å². The van der Waals surface area contributed by atoms with E-state index in [9.17, 15) is 13.4 Å². The summed E-state index contributed by atoms with van der Waals surface area (Å²) in [4.78, 5) is 13.8. The number of carbonyl (C=O) groups is 1. The van der Waals surface area contributed by atoms with Crippen LogP contribution in [0.15, 0.2) is 29.2 Å². The maximum atomic E-state index is 12.9. The van der Waals surface area contributed by atoms with Crippen molar-refractivity contribution in [1.82, 2.24) is 4.90 Å². The molecule has 1 heterocycles. The first-order valence-corrected chi connectivity index (χ1v) is 6.90. The maximum absolute atomic E-state index is 12.9. The van der Waals surface area contributed by atoms with Crippen molar-refractivity contribution in [3.8, 4) is 0 Å². The number of benzene rings is 1. The molecule has 0 aliphatic carbocycles. The minimum atomic E-state index is -1.45.